The van der Waals surface area contributed by atoms with Gasteiger partial charge < -0.3 is 15.1 Å². The summed E-state index contributed by atoms with van der Waals surface area (Å²) >= 11 is 0. The van der Waals surface area contributed by atoms with E-state index < -0.39 is 66.7 Å². The van der Waals surface area contributed by atoms with Crippen LogP contribution in [0.2, 0.25) is 0 Å². The number of aryl methyl sites for hydroxylation is 1. The molecule has 1 heterocycles. The highest BCUT2D eigenvalue weighted by atomic mass is 19.4. The number of aromatic hydroxyl groups is 1. The van der Waals surface area contributed by atoms with Gasteiger partial charge in [-0.15, -0.1) is 0 Å². The maximum atomic E-state index is 14.8. The van der Waals surface area contributed by atoms with Crippen LogP contribution in [-0.4, -0.2) is 75.1 Å². The number of carbonyl (C=O) groups excluding carboxylic acids is 2. The van der Waals surface area contributed by atoms with E-state index in [-0.39, 0.29) is 30.1 Å². The zero-order valence-electron chi connectivity index (χ0n) is 35.1. The molecule has 2 aromatic rings. The van der Waals surface area contributed by atoms with E-state index >= 15 is 0 Å². The molecule has 3 fully saturated rings. The largest absolute Gasteiger partial charge is 0.508 e. The number of urea groups is 1. The molecule has 9 atom stereocenters. The first-order chi connectivity index (χ1) is 28.5. The molecule has 2 saturated carbocycles. The molecule has 15 heteroatoms. The lowest BCUT2D eigenvalue weighted by atomic mass is 9.51. The number of nitrogens with zero attached hydrogens (tertiary/aromatic N) is 2. The Morgan fingerprint density at radius 1 is 0.852 bits per heavy atom. The van der Waals surface area contributed by atoms with Crippen LogP contribution in [0.3, 0.4) is 0 Å². The second kappa shape index (κ2) is 17.9. The van der Waals surface area contributed by atoms with Gasteiger partial charge in [0.05, 0.1) is 18.2 Å². The number of halogens is 9. The lowest BCUT2D eigenvalue weighted by Gasteiger charge is -2.54. The summed E-state index contributed by atoms with van der Waals surface area (Å²) in [5.74, 6) is -20.2. The molecule has 3 aliphatic carbocycles. The number of phenols is 1. The van der Waals surface area contributed by atoms with Gasteiger partial charge in [0.2, 0.25) is 5.91 Å². The summed E-state index contributed by atoms with van der Waals surface area (Å²) in [5, 5.41) is 21.3. The Hall–Kier alpha value is -3.49. The first-order valence-corrected chi connectivity index (χ1v) is 21.9. The summed E-state index contributed by atoms with van der Waals surface area (Å²) in [7, 11) is 1.43. The third kappa shape index (κ3) is 8.88. The van der Waals surface area contributed by atoms with Gasteiger partial charge in [0.25, 0.3) is 0 Å². The molecular weight excluding hydrogens is 815 g/mol. The monoisotopic (exact) mass is 874 g/mol. The highest BCUT2D eigenvalue weighted by Crippen LogP contribution is 2.64. The molecular formula is C46H59F9N2O4. The van der Waals surface area contributed by atoms with E-state index in [0.29, 0.717) is 42.1 Å². The molecule has 4 aliphatic rings. The van der Waals surface area contributed by atoms with E-state index in [1.54, 1.807) is 43.3 Å². The summed E-state index contributed by atoms with van der Waals surface area (Å²) in [6.45, 7) is 3.91. The van der Waals surface area contributed by atoms with Gasteiger partial charge in [0.1, 0.15) is 5.75 Å². The zero-order chi connectivity index (χ0) is 44.7. The molecule has 3 amide bonds. The molecule has 1 saturated heterocycles. The lowest BCUT2D eigenvalue weighted by Crippen LogP contribution is -2.60. The molecule has 0 bridgehead atoms. The average Bonchev–Trinajstić information content (AvgIpc) is 3.63. The summed E-state index contributed by atoms with van der Waals surface area (Å²) < 4.78 is 124. The summed E-state index contributed by atoms with van der Waals surface area (Å²) in [6, 6.07) is 11.8. The van der Waals surface area contributed by atoms with Crippen LogP contribution in [0, 0.1) is 29.1 Å². The number of rotatable bonds is 17. The van der Waals surface area contributed by atoms with E-state index in [1.165, 1.54) is 23.1 Å². The van der Waals surface area contributed by atoms with Crippen LogP contribution in [0.1, 0.15) is 139 Å². The van der Waals surface area contributed by atoms with Crippen molar-refractivity contribution < 1.29 is 59.3 Å². The minimum Gasteiger partial charge on any atom is -0.508 e. The number of amides is 3. The van der Waals surface area contributed by atoms with Crippen LogP contribution in [0.4, 0.5) is 44.3 Å². The quantitative estimate of drug-likeness (QED) is 0.123. The van der Waals surface area contributed by atoms with E-state index in [2.05, 4.69) is 13.0 Å². The van der Waals surface area contributed by atoms with Gasteiger partial charge in [-0.1, -0.05) is 88.3 Å². The third-order valence-electron chi connectivity index (χ3n) is 15.0. The minimum atomic E-state index is -7.03. The number of alkyl halides is 9. The van der Waals surface area contributed by atoms with Crippen molar-refractivity contribution in [3.05, 3.63) is 65.2 Å². The van der Waals surface area contributed by atoms with Crippen molar-refractivity contribution in [3.63, 3.8) is 0 Å². The minimum absolute atomic E-state index is 0.122. The normalized spacial score (nSPS) is 28.7. The SMILES string of the molecule is C[C@H]1[C@@H](c2ccccc2)N(C(=O)[C@H](CCCCCCCCCC2C[C@]3(C)C(O)CCC3C3CCc4cc(O)ccc4C23)CCC(F)(F)C(F)(F)C(F)(F)C(F)(F)F)C(=O)N1C. The van der Waals surface area contributed by atoms with Gasteiger partial charge in [-0.25, -0.2) is 4.79 Å². The second-order valence-corrected chi connectivity index (χ2v) is 18.6. The Bertz CT molecular complexity index is 1840. The Morgan fingerprint density at radius 2 is 1.49 bits per heavy atom. The van der Waals surface area contributed by atoms with E-state index in [1.807, 2.05) is 6.07 Å². The molecule has 0 aromatic heterocycles. The number of hydrogen-bond acceptors (Lipinski definition) is 4. The number of aliphatic hydroxyl groups excluding tert-OH is 1. The summed E-state index contributed by atoms with van der Waals surface area (Å²) in [5.41, 5.74) is 2.94. The zero-order valence-corrected chi connectivity index (χ0v) is 35.1. The van der Waals surface area contributed by atoms with Crippen molar-refractivity contribution in [3.8, 4) is 5.75 Å². The number of benzene rings is 2. The number of unbranched alkanes of at least 4 members (excludes halogenated alkanes) is 6. The fraction of sp³-hybridized carbons (Fsp3) is 0.696. The molecule has 6 rings (SSSR count). The number of likely N-dealkylation sites (N-methyl/N-ethyl adjacent to an activating group) is 1. The first-order valence-electron chi connectivity index (χ1n) is 21.9. The van der Waals surface area contributed by atoms with Gasteiger partial charge in [-0.3, -0.25) is 9.69 Å². The standard InChI is InChI=1S/C46H59F9N2O4/c1-28-39(29-14-12-9-13-15-29)57(41(61)56(28)3)40(60)30(24-25-43(47,48)44(49,50)45(51,52)46(53,54)55)16-10-7-5-4-6-8-11-17-32-27-42(2)36(22-23-37(42)59)35-20-18-31-26-33(58)19-21-34(31)38(32)35/h9,12-15,19,21,26,28,30,32,35-39,58-59H,4-8,10-11,16-18,20,22-25,27H2,1-3H3/t28-,30+,32?,35?,36?,37?,38?,39-,42-/m0/s1. The molecule has 0 spiro atoms. The van der Waals surface area contributed by atoms with Gasteiger partial charge in [-0.2, -0.15) is 39.5 Å². The number of fused-ring (bicyclic) bond motifs is 5. The summed E-state index contributed by atoms with van der Waals surface area (Å²) in [6.07, 6.45) is 0.0267. The molecule has 0 radical (unpaired) electrons. The van der Waals surface area contributed by atoms with Crippen LogP contribution < -0.4 is 0 Å². The van der Waals surface area contributed by atoms with Crippen molar-refractivity contribution >= 4 is 11.9 Å². The Balaban J connectivity index is 1.06. The van der Waals surface area contributed by atoms with Gasteiger partial charge in [0.15, 0.2) is 0 Å². The molecule has 340 valence electrons. The molecule has 6 nitrogen and oxygen atoms in total. The van der Waals surface area contributed by atoms with Crippen molar-refractivity contribution in [2.24, 2.45) is 29.1 Å². The summed E-state index contributed by atoms with van der Waals surface area (Å²) in [4.78, 5) is 29.6. The Labute approximate surface area is 352 Å². The predicted molar refractivity (Wildman–Crippen MR) is 211 cm³/mol. The van der Waals surface area contributed by atoms with Crippen molar-refractivity contribution in [1.29, 1.82) is 0 Å². The average molecular weight is 875 g/mol. The smallest absolute Gasteiger partial charge is 0.460 e. The van der Waals surface area contributed by atoms with Crippen LogP contribution >= 0.6 is 0 Å². The number of imide groups is 1. The van der Waals surface area contributed by atoms with Gasteiger partial charge in [0, 0.05) is 19.4 Å². The van der Waals surface area contributed by atoms with Gasteiger partial charge in [-0.05, 0) is 116 Å². The molecule has 5 unspecified atom stereocenters. The highest BCUT2D eigenvalue weighted by Gasteiger charge is 2.81. The van der Waals surface area contributed by atoms with Crippen LogP contribution in [0.5, 0.6) is 5.75 Å². The number of aliphatic hydroxyl groups is 1. The van der Waals surface area contributed by atoms with Crippen LogP contribution in [0.15, 0.2) is 48.5 Å². The molecule has 1 aliphatic heterocycles. The Morgan fingerprint density at radius 3 is 2.15 bits per heavy atom. The van der Waals surface area contributed by atoms with Crippen molar-refractivity contribution in [2.75, 3.05) is 7.05 Å². The van der Waals surface area contributed by atoms with E-state index in [9.17, 15) is 59.3 Å². The maximum Gasteiger partial charge on any atom is 0.460 e. The van der Waals surface area contributed by atoms with Gasteiger partial charge >= 0.3 is 30.0 Å². The molecule has 61 heavy (non-hydrogen) atoms. The van der Waals surface area contributed by atoms with E-state index in [0.717, 1.165) is 69.1 Å². The van der Waals surface area contributed by atoms with E-state index in [4.69, 9.17) is 0 Å². The van der Waals surface area contributed by atoms with Crippen molar-refractivity contribution in [2.45, 2.75) is 165 Å². The molecule has 2 aromatic carbocycles. The fourth-order valence-electron chi connectivity index (χ4n) is 11.5. The Kier molecular flexibility index (Phi) is 13.8. The lowest BCUT2D eigenvalue weighted by molar-refractivity contribution is -0.396. The highest BCUT2D eigenvalue weighted by molar-refractivity contribution is 5.98. The number of hydrogen-bond donors (Lipinski definition) is 2. The predicted octanol–water partition coefficient (Wildman–Crippen LogP) is 12.2. The fourth-order valence-corrected chi connectivity index (χ4v) is 11.5. The number of phenolic OH excluding ortho intramolecular Hbond substituents is 1. The topological polar surface area (TPSA) is 81.1 Å². The maximum absolute atomic E-state index is 14.8. The van der Waals surface area contributed by atoms with Crippen LogP contribution in [-0.2, 0) is 11.2 Å². The molecule has 2 N–H and O–H groups in total. The third-order valence-corrected chi connectivity index (χ3v) is 15.0. The first kappa shape index (κ1) is 47.0. The van der Waals surface area contributed by atoms with Crippen molar-refractivity contribution in [1.82, 2.24) is 9.80 Å². The number of carbonyl (C=O) groups is 2. The second-order valence-electron chi connectivity index (χ2n) is 18.6. The van der Waals surface area contributed by atoms with Crippen LogP contribution in [0.25, 0.3) is 0 Å².